The fourth-order valence-electron chi connectivity index (χ4n) is 6.69. The van der Waals surface area contributed by atoms with Gasteiger partial charge in [-0.25, -0.2) is 19.9 Å². The van der Waals surface area contributed by atoms with E-state index in [9.17, 15) is 0 Å². The van der Waals surface area contributed by atoms with Gasteiger partial charge >= 0.3 is 0 Å². The quantitative estimate of drug-likeness (QED) is 0.179. The summed E-state index contributed by atoms with van der Waals surface area (Å²) in [5.41, 5.74) is 8.51. The second-order valence-electron chi connectivity index (χ2n) is 12.0. The first-order valence-electron chi connectivity index (χ1n) is 16.0. The van der Waals surface area contributed by atoms with Gasteiger partial charge < -0.3 is 4.42 Å². The number of hydrogen-bond acceptors (Lipinski definition) is 7. The molecule has 0 fully saturated rings. The van der Waals surface area contributed by atoms with E-state index in [4.69, 9.17) is 29.3 Å². The number of pyridine rings is 3. The number of rotatable bonds is 4. The summed E-state index contributed by atoms with van der Waals surface area (Å²) in [6.07, 6.45) is 3.61. The number of nitrogens with zero attached hydrogens (tertiary/aromatic N) is 6. The molecule has 0 aliphatic rings. The molecule has 5 aromatic carbocycles. The maximum atomic E-state index is 6.23. The van der Waals surface area contributed by atoms with Gasteiger partial charge in [0.15, 0.2) is 17.5 Å². The molecule has 0 radical (unpaired) electrons. The molecule has 0 atom stereocenters. The molecule has 0 N–H and O–H groups in total. The molecule has 49 heavy (non-hydrogen) atoms. The topological polar surface area (TPSA) is 90.5 Å². The summed E-state index contributed by atoms with van der Waals surface area (Å²) in [5, 5.41) is 5.09. The van der Waals surface area contributed by atoms with Gasteiger partial charge in [-0.1, -0.05) is 91.0 Å². The third-order valence-corrected chi connectivity index (χ3v) is 9.00. The van der Waals surface area contributed by atoms with Crippen LogP contribution in [0.3, 0.4) is 0 Å². The van der Waals surface area contributed by atoms with Crippen molar-refractivity contribution in [3.63, 3.8) is 0 Å². The van der Waals surface area contributed by atoms with Gasteiger partial charge in [0, 0.05) is 61.6 Å². The Labute approximate surface area is 279 Å². The van der Waals surface area contributed by atoms with E-state index in [2.05, 4.69) is 47.4 Å². The summed E-state index contributed by atoms with van der Waals surface area (Å²) < 4.78 is 6.23. The molecule has 0 bridgehead atoms. The highest BCUT2D eigenvalue weighted by atomic mass is 16.3. The van der Waals surface area contributed by atoms with E-state index in [1.165, 1.54) is 0 Å². The van der Waals surface area contributed by atoms with E-state index in [-0.39, 0.29) is 0 Å². The molecule has 0 unspecified atom stereocenters. The van der Waals surface area contributed by atoms with Gasteiger partial charge in [-0.15, -0.1) is 0 Å². The standard InChI is InChI=1S/C42H24N6O/c1-2-16-34-30(13-1)36-31(14-5-17-35(36)49-34)41-46-40(47-42(48-41)32-15-4-8-25-11-6-22-43-37(25)32)29-10-3-9-28(24-29)33-21-20-27-19-18-26-12-7-23-44-38(26)39(27)45-33/h1-24H. The lowest BCUT2D eigenvalue weighted by Crippen LogP contribution is -2.01. The largest absolute Gasteiger partial charge is 0.456 e. The van der Waals surface area contributed by atoms with Gasteiger partial charge in [0.05, 0.1) is 22.2 Å². The van der Waals surface area contributed by atoms with Crippen molar-refractivity contribution in [1.82, 2.24) is 29.9 Å². The Morgan fingerprint density at radius 3 is 1.94 bits per heavy atom. The molecular weight excluding hydrogens is 605 g/mol. The van der Waals surface area contributed by atoms with E-state index in [0.717, 1.165) is 82.6 Å². The van der Waals surface area contributed by atoms with Crippen LogP contribution in [-0.2, 0) is 0 Å². The maximum Gasteiger partial charge on any atom is 0.166 e. The van der Waals surface area contributed by atoms with Gasteiger partial charge in [0.2, 0.25) is 0 Å². The third kappa shape index (κ3) is 4.52. The highest BCUT2D eigenvalue weighted by Gasteiger charge is 2.19. The lowest BCUT2D eigenvalue weighted by Gasteiger charge is -2.11. The maximum absolute atomic E-state index is 6.23. The Bertz CT molecular complexity index is 2910. The summed E-state index contributed by atoms with van der Waals surface area (Å²) in [6.45, 7) is 0. The lowest BCUT2D eigenvalue weighted by molar-refractivity contribution is 0.669. The minimum Gasteiger partial charge on any atom is -0.456 e. The van der Waals surface area contributed by atoms with Crippen molar-refractivity contribution in [3.05, 3.63) is 146 Å². The second-order valence-corrected chi connectivity index (χ2v) is 12.0. The van der Waals surface area contributed by atoms with Crippen molar-refractivity contribution in [2.45, 2.75) is 0 Å². The zero-order valence-electron chi connectivity index (χ0n) is 25.9. The first kappa shape index (κ1) is 27.3. The Morgan fingerprint density at radius 1 is 0.408 bits per heavy atom. The highest BCUT2D eigenvalue weighted by Crippen LogP contribution is 2.37. The molecule has 7 heteroatoms. The number of hydrogen-bond donors (Lipinski definition) is 0. The predicted molar refractivity (Wildman–Crippen MR) is 195 cm³/mol. The average Bonchev–Trinajstić information content (AvgIpc) is 3.56. The highest BCUT2D eigenvalue weighted by molar-refractivity contribution is 6.12. The molecular formula is C42H24N6O. The predicted octanol–water partition coefficient (Wildman–Crippen LogP) is 10.1. The fraction of sp³-hybridized carbons (Fsp3) is 0. The minimum absolute atomic E-state index is 0.542. The first-order valence-corrected chi connectivity index (χ1v) is 16.0. The molecule has 7 nitrogen and oxygen atoms in total. The Kier molecular flexibility index (Phi) is 6.04. The molecule has 0 saturated heterocycles. The Hall–Kier alpha value is -6.86. The van der Waals surface area contributed by atoms with Crippen molar-refractivity contribution < 1.29 is 4.42 Å². The van der Waals surface area contributed by atoms with E-state index in [1.54, 1.807) is 6.20 Å². The monoisotopic (exact) mass is 628 g/mol. The summed E-state index contributed by atoms with van der Waals surface area (Å²) >= 11 is 0. The van der Waals surface area contributed by atoms with E-state index >= 15 is 0 Å². The summed E-state index contributed by atoms with van der Waals surface area (Å²) in [6, 6.07) is 44.6. The number of aromatic nitrogens is 6. The van der Waals surface area contributed by atoms with Crippen LogP contribution in [0.4, 0.5) is 0 Å². The zero-order chi connectivity index (χ0) is 32.3. The smallest absolute Gasteiger partial charge is 0.166 e. The average molecular weight is 629 g/mol. The molecule has 5 heterocycles. The van der Waals surface area contributed by atoms with Crippen LogP contribution >= 0.6 is 0 Å². The molecule has 0 aliphatic carbocycles. The first-order chi connectivity index (χ1) is 24.3. The number of fused-ring (bicyclic) bond motifs is 7. The van der Waals surface area contributed by atoms with Crippen LogP contribution in [0.2, 0.25) is 0 Å². The van der Waals surface area contributed by atoms with Crippen molar-refractivity contribution in [2.24, 2.45) is 0 Å². The van der Waals surface area contributed by atoms with Crippen LogP contribution in [0.5, 0.6) is 0 Å². The Morgan fingerprint density at radius 2 is 1.04 bits per heavy atom. The van der Waals surface area contributed by atoms with Crippen LogP contribution in [0.1, 0.15) is 0 Å². The Balaban J connectivity index is 1.19. The molecule has 5 aromatic heterocycles. The van der Waals surface area contributed by atoms with Crippen LogP contribution in [-0.4, -0.2) is 29.9 Å². The number of para-hydroxylation sites is 2. The van der Waals surface area contributed by atoms with Crippen molar-refractivity contribution in [2.75, 3.05) is 0 Å². The van der Waals surface area contributed by atoms with Gasteiger partial charge in [-0.3, -0.25) is 9.97 Å². The molecule has 0 aliphatic heterocycles. The van der Waals surface area contributed by atoms with Crippen molar-refractivity contribution in [3.8, 4) is 45.4 Å². The summed E-state index contributed by atoms with van der Waals surface area (Å²) in [7, 11) is 0. The van der Waals surface area contributed by atoms with Crippen LogP contribution in [0.15, 0.2) is 150 Å². The molecule has 0 saturated carbocycles. The van der Waals surface area contributed by atoms with E-state index < -0.39 is 0 Å². The van der Waals surface area contributed by atoms with Gasteiger partial charge in [-0.05, 0) is 42.5 Å². The molecule has 0 amide bonds. The number of benzene rings is 5. The van der Waals surface area contributed by atoms with Gasteiger partial charge in [-0.2, -0.15) is 0 Å². The molecule has 0 spiro atoms. The van der Waals surface area contributed by atoms with E-state index in [0.29, 0.717) is 17.5 Å². The van der Waals surface area contributed by atoms with Crippen LogP contribution < -0.4 is 0 Å². The number of furan rings is 1. The SMILES string of the molecule is c1cc(-c2ccc3ccc4cccnc4c3n2)cc(-c2nc(-c3cccc4cccnc34)nc(-c3cccc4oc5ccccc5c34)n2)c1. The second kappa shape index (κ2) is 10.9. The van der Waals surface area contributed by atoms with Crippen LogP contribution in [0, 0.1) is 0 Å². The van der Waals surface area contributed by atoms with E-state index in [1.807, 2.05) is 97.2 Å². The minimum atomic E-state index is 0.542. The van der Waals surface area contributed by atoms with Crippen molar-refractivity contribution in [1.29, 1.82) is 0 Å². The fourth-order valence-corrected chi connectivity index (χ4v) is 6.69. The molecule has 10 aromatic rings. The van der Waals surface area contributed by atoms with Gasteiger partial charge in [0.1, 0.15) is 11.2 Å². The van der Waals surface area contributed by atoms with Crippen LogP contribution in [0.25, 0.3) is 100 Å². The van der Waals surface area contributed by atoms with Gasteiger partial charge in [0.25, 0.3) is 0 Å². The normalized spacial score (nSPS) is 11.7. The lowest BCUT2D eigenvalue weighted by atomic mass is 10.0. The molecule has 228 valence electrons. The zero-order valence-corrected chi connectivity index (χ0v) is 25.9. The van der Waals surface area contributed by atoms with Crippen molar-refractivity contribution >= 4 is 54.6 Å². The summed E-state index contributed by atoms with van der Waals surface area (Å²) in [5.74, 6) is 1.64. The summed E-state index contributed by atoms with van der Waals surface area (Å²) in [4.78, 5) is 29.8. The molecule has 10 rings (SSSR count). The third-order valence-electron chi connectivity index (χ3n) is 9.00.